The van der Waals surface area contributed by atoms with E-state index >= 15 is 0 Å². The summed E-state index contributed by atoms with van der Waals surface area (Å²) in [5.41, 5.74) is 3.34. The molecule has 2 nitrogen and oxygen atoms in total. The quantitative estimate of drug-likeness (QED) is 0.876. The molecular formula is C16H16O2. The first-order valence-electron chi connectivity index (χ1n) is 6.12. The molecule has 1 aromatic carbocycles. The number of hydrogen-bond acceptors (Lipinski definition) is 1. The average Bonchev–Trinajstić information content (AvgIpc) is 2.64. The molecule has 0 fully saturated rings. The van der Waals surface area contributed by atoms with Gasteiger partial charge in [-0.2, -0.15) is 0 Å². The Hall–Kier alpha value is -2.09. The Kier molecular flexibility index (Phi) is 3.78. The Morgan fingerprint density at radius 2 is 1.83 bits per heavy atom. The Morgan fingerprint density at radius 1 is 1.17 bits per heavy atom. The van der Waals surface area contributed by atoms with Gasteiger partial charge in [0.25, 0.3) is 0 Å². The smallest absolute Gasteiger partial charge is 0.336 e. The number of aliphatic carboxylic acids is 1. The van der Waals surface area contributed by atoms with Crippen LogP contribution in [0.3, 0.4) is 0 Å². The number of carbonyl (C=O) groups is 1. The van der Waals surface area contributed by atoms with Crippen molar-refractivity contribution in [3.05, 3.63) is 65.3 Å². The van der Waals surface area contributed by atoms with E-state index in [0.29, 0.717) is 5.57 Å². The molecule has 0 aliphatic heterocycles. The summed E-state index contributed by atoms with van der Waals surface area (Å²) >= 11 is 0. The van der Waals surface area contributed by atoms with Gasteiger partial charge in [0.1, 0.15) is 0 Å². The maximum atomic E-state index is 11.3. The molecule has 2 rings (SSSR count). The molecule has 0 radical (unpaired) electrons. The van der Waals surface area contributed by atoms with Crippen LogP contribution in [0.2, 0.25) is 0 Å². The fourth-order valence-electron chi connectivity index (χ4n) is 1.99. The molecule has 18 heavy (non-hydrogen) atoms. The van der Waals surface area contributed by atoms with E-state index < -0.39 is 5.97 Å². The molecule has 0 heterocycles. The van der Waals surface area contributed by atoms with Gasteiger partial charge in [-0.1, -0.05) is 55.5 Å². The second-order valence-electron chi connectivity index (χ2n) is 4.22. The minimum Gasteiger partial charge on any atom is -0.478 e. The Labute approximate surface area is 107 Å². The maximum absolute atomic E-state index is 11.3. The van der Waals surface area contributed by atoms with Crippen molar-refractivity contribution in [2.75, 3.05) is 0 Å². The third kappa shape index (κ3) is 2.59. The van der Waals surface area contributed by atoms with Crippen LogP contribution in [0.1, 0.15) is 24.5 Å². The van der Waals surface area contributed by atoms with Crippen LogP contribution in [0.4, 0.5) is 0 Å². The molecule has 2 heteroatoms. The fraction of sp³-hybridized carbons (Fsp3) is 0.188. The van der Waals surface area contributed by atoms with Crippen molar-refractivity contribution in [2.45, 2.75) is 19.8 Å². The highest BCUT2D eigenvalue weighted by Gasteiger charge is 2.12. The predicted molar refractivity (Wildman–Crippen MR) is 73.3 cm³/mol. The topological polar surface area (TPSA) is 37.3 Å². The second kappa shape index (κ2) is 5.50. The summed E-state index contributed by atoms with van der Waals surface area (Å²) < 4.78 is 0. The molecule has 0 spiro atoms. The van der Waals surface area contributed by atoms with Crippen LogP contribution < -0.4 is 0 Å². The minimum atomic E-state index is -0.882. The molecule has 1 aliphatic rings. The van der Waals surface area contributed by atoms with Gasteiger partial charge in [-0.25, -0.2) is 4.79 Å². The van der Waals surface area contributed by atoms with Crippen molar-refractivity contribution in [3.8, 4) is 0 Å². The van der Waals surface area contributed by atoms with E-state index in [4.69, 9.17) is 0 Å². The van der Waals surface area contributed by atoms with Crippen molar-refractivity contribution in [2.24, 2.45) is 0 Å². The van der Waals surface area contributed by atoms with Gasteiger partial charge < -0.3 is 5.11 Å². The van der Waals surface area contributed by atoms with E-state index in [-0.39, 0.29) is 0 Å². The van der Waals surface area contributed by atoms with E-state index in [9.17, 15) is 9.90 Å². The van der Waals surface area contributed by atoms with Crippen LogP contribution in [0.5, 0.6) is 0 Å². The molecule has 1 aromatic rings. The number of carboxylic acids is 1. The third-order valence-corrected chi connectivity index (χ3v) is 3.03. The van der Waals surface area contributed by atoms with Gasteiger partial charge in [-0.15, -0.1) is 0 Å². The summed E-state index contributed by atoms with van der Waals surface area (Å²) in [5, 5.41) is 9.25. The highest BCUT2D eigenvalue weighted by molar-refractivity contribution is 6.02. The van der Waals surface area contributed by atoms with Crippen molar-refractivity contribution >= 4 is 11.5 Å². The lowest BCUT2D eigenvalue weighted by Crippen LogP contribution is -2.01. The Morgan fingerprint density at radius 3 is 2.44 bits per heavy atom. The molecule has 0 atom stereocenters. The van der Waals surface area contributed by atoms with E-state index in [1.165, 1.54) is 5.56 Å². The molecule has 0 unspecified atom stereocenters. The molecule has 92 valence electrons. The number of hydrogen-bond donors (Lipinski definition) is 1. The minimum absolute atomic E-state index is 0.355. The lowest BCUT2D eigenvalue weighted by atomic mass is 9.98. The van der Waals surface area contributed by atoms with Crippen LogP contribution in [0.15, 0.2) is 54.1 Å². The van der Waals surface area contributed by atoms with Crippen LogP contribution >= 0.6 is 0 Å². The summed E-state index contributed by atoms with van der Waals surface area (Å²) in [6.07, 6.45) is 9.19. The molecule has 1 aliphatic carbocycles. The molecule has 1 N–H and O–H groups in total. The van der Waals surface area contributed by atoms with Crippen LogP contribution in [-0.4, -0.2) is 11.1 Å². The third-order valence-electron chi connectivity index (χ3n) is 3.03. The van der Waals surface area contributed by atoms with Crippen molar-refractivity contribution in [3.63, 3.8) is 0 Å². The van der Waals surface area contributed by atoms with Gasteiger partial charge in [-0.3, -0.25) is 0 Å². The normalized spacial score (nSPS) is 14.7. The second-order valence-corrected chi connectivity index (χ2v) is 4.22. The van der Waals surface area contributed by atoms with Crippen LogP contribution in [0.25, 0.3) is 5.57 Å². The summed E-state index contributed by atoms with van der Waals surface area (Å²) in [7, 11) is 0. The predicted octanol–water partition coefficient (Wildman–Crippen LogP) is 3.60. The van der Waals surface area contributed by atoms with E-state index in [2.05, 4.69) is 6.92 Å². The van der Waals surface area contributed by atoms with Crippen LogP contribution in [0, 0.1) is 0 Å². The van der Waals surface area contributed by atoms with E-state index in [1.807, 2.05) is 42.5 Å². The number of allylic oxidation sites excluding steroid dienone is 4. The van der Waals surface area contributed by atoms with Gasteiger partial charge in [-0.05, 0) is 29.5 Å². The zero-order chi connectivity index (χ0) is 13.0. The maximum Gasteiger partial charge on any atom is 0.336 e. The van der Waals surface area contributed by atoms with E-state index in [1.54, 1.807) is 6.08 Å². The largest absolute Gasteiger partial charge is 0.478 e. The van der Waals surface area contributed by atoms with Gasteiger partial charge in [0.05, 0.1) is 5.57 Å². The van der Waals surface area contributed by atoms with Crippen molar-refractivity contribution in [1.29, 1.82) is 0 Å². The molecular weight excluding hydrogens is 224 g/mol. The van der Waals surface area contributed by atoms with Gasteiger partial charge in [0.2, 0.25) is 0 Å². The molecule has 0 saturated carbocycles. The molecule has 0 amide bonds. The zero-order valence-corrected chi connectivity index (χ0v) is 10.4. The molecule has 0 aromatic heterocycles. The number of benzene rings is 1. The lowest BCUT2D eigenvalue weighted by Gasteiger charge is -2.06. The SMILES string of the molecule is CCc1ccc(C2=C(C(=O)O)C=CCC=C2)cc1. The molecule has 0 bridgehead atoms. The highest BCUT2D eigenvalue weighted by atomic mass is 16.4. The van der Waals surface area contributed by atoms with Crippen molar-refractivity contribution < 1.29 is 9.90 Å². The standard InChI is InChI=1S/C16H16O2/c1-2-12-8-10-13(11-9-12)14-6-4-3-5-7-15(14)16(17)18/h4-11H,2-3H2,1H3,(H,17,18). The summed E-state index contributed by atoms with van der Waals surface area (Å²) in [5.74, 6) is -0.882. The number of rotatable bonds is 3. The Balaban J connectivity index is 2.49. The molecule has 0 saturated heterocycles. The fourth-order valence-corrected chi connectivity index (χ4v) is 1.99. The highest BCUT2D eigenvalue weighted by Crippen LogP contribution is 2.24. The van der Waals surface area contributed by atoms with Gasteiger partial charge >= 0.3 is 5.97 Å². The first-order valence-corrected chi connectivity index (χ1v) is 6.12. The van der Waals surface area contributed by atoms with Gasteiger partial charge in [0, 0.05) is 0 Å². The Bertz CT molecular complexity index is 531. The van der Waals surface area contributed by atoms with E-state index in [0.717, 1.165) is 24.0 Å². The first-order chi connectivity index (χ1) is 8.72. The summed E-state index contributed by atoms with van der Waals surface area (Å²) in [6.45, 7) is 2.10. The van der Waals surface area contributed by atoms with Gasteiger partial charge in [0.15, 0.2) is 0 Å². The van der Waals surface area contributed by atoms with Crippen LogP contribution in [-0.2, 0) is 11.2 Å². The lowest BCUT2D eigenvalue weighted by molar-refractivity contribution is -0.132. The summed E-state index contributed by atoms with van der Waals surface area (Å²) in [6, 6.07) is 8.07. The number of aryl methyl sites for hydroxylation is 1. The monoisotopic (exact) mass is 240 g/mol. The first kappa shape index (κ1) is 12.4. The number of carboxylic acid groups (broad SMARTS) is 1. The van der Waals surface area contributed by atoms with Crippen molar-refractivity contribution in [1.82, 2.24) is 0 Å². The zero-order valence-electron chi connectivity index (χ0n) is 10.4. The average molecular weight is 240 g/mol. The summed E-state index contributed by atoms with van der Waals surface area (Å²) in [4.78, 5) is 11.3.